The van der Waals surface area contributed by atoms with E-state index in [9.17, 15) is 5.11 Å². The van der Waals surface area contributed by atoms with Crippen molar-refractivity contribution >= 4 is 21.5 Å². The topological polar surface area (TPSA) is 20.2 Å². The van der Waals surface area contributed by atoms with Gasteiger partial charge in [-0.25, -0.2) is 0 Å². The molecule has 6 aromatic carbocycles. The van der Waals surface area contributed by atoms with Crippen LogP contribution in [0.2, 0.25) is 0 Å². The molecule has 0 heterocycles. The van der Waals surface area contributed by atoms with Crippen LogP contribution in [0.25, 0.3) is 32.7 Å². The van der Waals surface area contributed by atoms with Gasteiger partial charge in [0.1, 0.15) is 5.75 Å². The molecule has 35 heavy (non-hydrogen) atoms. The molecule has 0 saturated heterocycles. The Labute approximate surface area is 234 Å². The number of hydrogen-bond donors (Lipinski definition) is 1. The molecule has 0 unspecified atom stereocenters. The average molecular weight is 598 g/mol. The van der Waals surface area contributed by atoms with E-state index in [1.165, 1.54) is 44.2 Å². The van der Waals surface area contributed by atoms with Crippen molar-refractivity contribution in [3.8, 4) is 16.9 Å². The summed E-state index contributed by atoms with van der Waals surface area (Å²) >= 11 is 0. The summed E-state index contributed by atoms with van der Waals surface area (Å²) in [5.41, 5.74) is 7.21. The van der Waals surface area contributed by atoms with Crippen LogP contribution >= 0.6 is 0 Å². The number of phenolic OH excluding ortho intramolecular Hbond substituents is 1. The van der Waals surface area contributed by atoms with Gasteiger partial charge in [0.15, 0.2) is 0 Å². The molecule has 1 nitrogen and oxygen atoms in total. The van der Waals surface area contributed by atoms with E-state index in [4.69, 9.17) is 0 Å². The summed E-state index contributed by atoms with van der Waals surface area (Å²) in [4.78, 5) is 0. The van der Waals surface area contributed by atoms with Gasteiger partial charge in [-0.15, -0.1) is 16.8 Å². The third kappa shape index (κ3) is 3.27. The van der Waals surface area contributed by atoms with Crippen LogP contribution in [0, 0.1) is 43.8 Å². The maximum absolute atomic E-state index is 10.00. The monoisotopic (exact) mass is 598 g/mol. The Kier molecular flexibility index (Phi) is 5.45. The zero-order valence-electron chi connectivity index (χ0n) is 18.8. The maximum Gasteiger partial charge on any atom is 0.116 e. The van der Waals surface area contributed by atoms with Gasteiger partial charge >= 0.3 is 0 Å². The van der Waals surface area contributed by atoms with E-state index < -0.39 is 5.41 Å². The summed E-state index contributed by atoms with van der Waals surface area (Å²) in [6.07, 6.45) is 0. The van der Waals surface area contributed by atoms with E-state index in [0.717, 1.165) is 10.8 Å². The van der Waals surface area contributed by atoms with E-state index in [-0.39, 0.29) is 43.5 Å². The van der Waals surface area contributed by atoms with Crippen LogP contribution in [0.1, 0.15) is 22.3 Å². The number of hydrogen-bond acceptors (Lipinski definition) is 1. The van der Waals surface area contributed by atoms with Gasteiger partial charge in [0, 0.05) is 37.7 Å². The van der Waals surface area contributed by atoms with Crippen molar-refractivity contribution in [3.05, 3.63) is 150 Å². The van der Waals surface area contributed by atoms with Crippen LogP contribution in [-0.4, -0.2) is 5.11 Å². The zero-order valence-corrected chi connectivity index (χ0v) is 20.7. The Morgan fingerprint density at radius 1 is 0.543 bits per heavy atom. The van der Waals surface area contributed by atoms with Crippen molar-refractivity contribution in [3.63, 3.8) is 0 Å². The summed E-state index contributed by atoms with van der Waals surface area (Å²) < 4.78 is 0. The van der Waals surface area contributed by atoms with Crippen LogP contribution in [0.3, 0.4) is 0 Å². The summed E-state index contributed by atoms with van der Waals surface area (Å²) in [7, 11) is 0. The van der Waals surface area contributed by atoms with E-state index in [0.29, 0.717) is 0 Å². The molecular weight excluding hydrogens is 577 g/mol. The molecule has 0 fully saturated rings. The van der Waals surface area contributed by atoms with Crippen LogP contribution in [0.5, 0.6) is 5.75 Å². The first-order chi connectivity index (χ1) is 16.7. The van der Waals surface area contributed by atoms with Crippen LogP contribution in [0.4, 0.5) is 0 Å². The minimum atomic E-state index is -0.437. The standard InChI is InChI=1S/C33H21O.Ho/c34-28-18-15-24-20-27(17-14-25(24)21-28)33(26-16-13-22-7-1-2-8-23(22)19-26)31-11-5-3-9-29(31)30-10-4-6-12-32(30)33;/h2-21,34H;/q-1;. The molecule has 2 heteroatoms. The summed E-state index contributed by atoms with van der Waals surface area (Å²) in [5.74, 6) is 0.290. The Morgan fingerprint density at radius 3 is 1.77 bits per heavy atom. The largest absolute Gasteiger partial charge is 0.508 e. The van der Waals surface area contributed by atoms with Gasteiger partial charge in [-0.3, -0.25) is 0 Å². The van der Waals surface area contributed by atoms with E-state index in [1.54, 1.807) is 6.07 Å². The molecule has 0 bridgehead atoms. The van der Waals surface area contributed by atoms with Crippen molar-refractivity contribution in [1.82, 2.24) is 0 Å². The van der Waals surface area contributed by atoms with E-state index in [1.807, 2.05) is 24.3 Å². The summed E-state index contributed by atoms with van der Waals surface area (Å²) in [6, 6.07) is 46.0. The molecule has 1 aliphatic carbocycles. The van der Waals surface area contributed by atoms with Gasteiger partial charge in [-0.2, -0.15) is 24.3 Å². The van der Waals surface area contributed by atoms with E-state index in [2.05, 4.69) is 97.1 Å². The van der Waals surface area contributed by atoms with Crippen molar-refractivity contribution in [1.29, 1.82) is 0 Å². The third-order valence-electron chi connectivity index (χ3n) is 7.33. The number of benzene rings is 6. The van der Waals surface area contributed by atoms with E-state index >= 15 is 0 Å². The molecule has 0 aliphatic heterocycles. The molecule has 6 aromatic rings. The smallest absolute Gasteiger partial charge is 0.116 e. The number of aromatic hydroxyl groups is 1. The fraction of sp³-hybridized carbons (Fsp3) is 0.0303. The Balaban J connectivity index is 0.00000229. The number of rotatable bonds is 2. The molecule has 1 radical (unpaired) electrons. The first-order valence-corrected chi connectivity index (χ1v) is 11.6. The molecule has 0 spiro atoms. The van der Waals surface area contributed by atoms with Gasteiger partial charge in [0.05, 0.1) is 5.41 Å². The third-order valence-corrected chi connectivity index (χ3v) is 7.33. The summed E-state index contributed by atoms with van der Waals surface area (Å²) in [5, 5.41) is 14.6. The molecule has 0 saturated carbocycles. The predicted octanol–water partition coefficient (Wildman–Crippen LogP) is 7.86. The molecule has 7 rings (SSSR count). The second kappa shape index (κ2) is 8.53. The van der Waals surface area contributed by atoms with Gasteiger partial charge in [-0.05, 0) is 62.4 Å². The fourth-order valence-corrected chi connectivity index (χ4v) is 5.85. The van der Waals surface area contributed by atoms with Gasteiger partial charge in [-0.1, -0.05) is 78.9 Å². The Hall–Kier alpha value is -3.10. The molecular formula is C33H21HoO-. The number of fused-ring (bicyclic) bond motifs is 5. The second-order valence-corrected chi connectivity index (χ2v) is 9.08. The SMILES string of the molecule is Oc1ccc2cc(C3(c4ccc5c[c-]ccc5c4)c4ccccc4-c4ccccc43)ccc2c1.[Ho]. The first kappa shape index (κ1) is 22.4. The average Bonchev–Trinajstić information content (AvgIpc) is 3.19. The van der Waals surface area contributed by atoms with Gasteiger partial charge in [0.25, 0.3) is 0 Å². The zero-order chi connectivity index (χ0) is 22.7. The van der Waals surface area contributed by atoms with Crippen molar-refractivity contribution in [2.75, 3.05) is 0 Å². The normalized spacial score (nSPS) is 13.3. The quantitative estimate of drug-likeness (QED) is 0.159. The molecule has 171 valence electrons. The van der Waals surface area contributed by atoms with Gasteiger partial charge in [0.2, 0.25) is 0 Å². The number of phenols is 1. The molecule has 1 aliphatic rings. The van der Waals surface area contributed by atoms with Crippen LogP contribution in [-0.2, 0) is 5.41 Å². The molecule has 0 aromatic heterocycles. The molecule has 0 amide bonds. The van der Waals surface area contributed by atoms with Crippen molar-refractivity contribution < 1.29 is 42.8 Å². The maximum atomic E-state index is 10.00. The molecule has 1 N–H and O–H groups in total. The first-order valence-electron chi connectivity index (χ1n) is 11.6. The second-order valence-electron chi connectivity index (χ2n) is 9.08. The Bertz CT molecular complexity index is 1690. The molecule has 0 atom stereocenters. The van der Waals surface area contributed by atoms with Gasteiger partial charge < -0.3 is 5.11 Å². The predicted molar refractivity (Wildman–Crippen MR) is 139 cm³/mol. The van der Waals surface area contributed by atoms with Crippen LogP contribution in [0.15, 0.2) is 121 Å². The van der Waals surface area contributed by atoms with Crippen molar-refractivity contribution in [2.24, 2.45) is 0 Å². The Morgan fingerprint density at radius 2 is 1.09 bits per heavy atom. The van der Waals surface area contributed by atoms with Crippen molar-refractivity contribution in [2.45, 2.75) is 5.41 Å². The van der Waals surface area contributed by atoms with Crippen LogP contribution < -0.4 is 0 Å². The minimum absolute atomic E-state index is 0. The fourth-order valence-electron chi connectivity index (χ4n) is 5.85. The minimum Gasteiger partial charge on any atom is -0.508 e. The summed E-state index contributed by atoms with van der Waals surface area (Å²) in [6.45, 7) is 0.